The van der Waals surface area contributed by atoms with Gasteiger partial charge in [-0.1, -0.05) is 19.4 Å². The van der Waals surface area contributed by atoms with Gasteiger partial charge in [-0.25, -0.2) is 4.79 Å². The maximum Gasteiger partial charge on any atom is 0.333 e. The number of hydrogen-bond donors (Lipinski definition) is 0. The summed E-state index contributed by atoms with van der Waals surface area (Å²) in [5.74, 6) is 0.724. The van der Waals surface area contributed by atoms with Gasteiger partial charge >= 0.3 is 5.97 Å². The molecule has 0 heterocycles. The van der Waals surface area contributed by atoms with Crippen LogP contribution in [0, 0.1) is 16.7 Å². The van der Waals surface area contributed by atoms with Crippen molar-refractivity contribution in [3.05, 3.63) is 12.2 Å². The number of esters is 1. The van der Waals surface area contributed by atoms with Gasteiger partial charge in [-0.3, -0.25) is 0 Å². The second-order valence-corrected chi connectivity index (χ2v) is 8.66. The first-order valence-electron chi connectivity index (χ1n) is 8.67. The van der Waals surface area contributed by atoms with Crippen LogP contribution >= 0.6 is 0 Å². The van der Waals surface area contributed by atoms with Crippen LogP contribution in [-0.2, 0) is 9.53 Å². The van der Waals surface area contributed by atoms with Crippen LogP contribution in [0.25, 0.3) is 0 Å². The predicted molar refractivity (Wildman–Crippen MR) is 84.9 cm³/mol. The highest BCUT2D eigenvalue weighted by Gasteiger charge is 2.58. The smallest absolute Gasteiger partial charge is 0.333 e. The lowest BCUT2D eigenvalue weighted by Gasteiger charge is -2.51. The van der Waals surface area contributed by atoms with Crippen LogP contribution in [0.2, 0.25) is 0 Å². The van der Waals surface area contributed by atoms with Gasteiger partial charge < -0.3 is 4.74 Å². The topological polar surface area (TPSA) is 26.3 Å². The zero-order valence-corrected chi connectivity index (χ0v) is 14.0. The van der Waals surface area contributed by atoms with Crippen molar-refractivity contribution in [1.82, 2.24) is 0 Å². The van der Waals surface area contributed by atoms with Crippen LogP contribution in [0.5, 0.6) is 0 Å². The molecule has 21 heavy (non-hydrogen) atoms. The van der Waals surface area contributed by atoms with Crippen molar-refractivity contribution in [3.63, 3.8) is 0 Å². The van der Waals surface area contributed by atoms with Gasteiger partial charge in [0.05, 0.1) is 0 Å². The first-order chi connectivity index (χ1) is 9.78. The minimum Gasteiger partial charge on any atom is -0.456 e. The van der Waals surface area contributed by atoms with Gasteiger partial charge in [-0.2, -0.15) is 0 Å². The number of carbonyl (C=O) groups is 1. The lowest BCUT2D eigenvalue weighted by molar-refractivity contribution is -0.171. The van der Waals surface area contributed by atoms with Crippen LogP contribution in [-0.4, -0.2) is 11.6 Å². The Morgan fingerprint density at radius 1 is 1.19 bits per heavy atom. The van der Waals surface area contributed by atoms with Gasteiger partial charge in [0.15, 0.2) is 0 Å². The quantitative estimate of drug-likeness (QED) is 0.538. The molecule has 4 aliphatic carbocycles. The molecule has 0 amide bonds. The third kappa shape index (κ3) is 2.45. The highest BCUT2D eigenvalue weighted by Crippen LogP contribution is 2.66. The second-order valence-electron chi connectivity index (χ2n) is 8.66. The molecule has 0 aromatic carbocycles. The molecule has 1 spiro atoms. The summed E-state index contributed by atoms with van der Waals surface area (Å²) in [6.45, 7) is 9.79. The Balaban J connectivity index is 1.89. The minimum absolute atomic E-state index is 0.180. The van der Waals surface area contributed by atoms with Gasteiger partial charge in [0.2, 0.25) is 0 Å². The number of ether oxygens (including phenoxy) is 1. The van der Waals surface area contributed by atoms with Crippen LogP contribution in [0.1, 0.15) is 78.6 Å². The molecule has 0 N–H and O–H groups in total. The molecule has 4 aliphatic rings. The molecule has 1 unspecified atom stereocenters. The third-order valence-electron chi connectivity index (χ3n) is 6.77. The Bertz CT molecular complexity index is 451. The van der Waals surface area contributed by atoms with Gasteiger partial charge in [0.1, 0.15) is 5.60 Å². The lowest BCUT2D eigenvalue weighted by Crippen LogP contribution is -2.49. The minimum atomic E-state index is -0.377. The molecular weight excluding hydrogens is 260 g/mol. The molecule has 0 aromatic heterocycles. The summed E-state index contributed by atoms with van der Waals surface area (Å²) in [5, 5.41) is 0. The summed E-state index contributed by atoms with van der Waals surface area (Å²) >= 11 is 0. The zero-order valence-electron chi connectivity index (χ0n) is 14.0. The molecule has 0 aromatic rings. The van der Waals surface area contributed by atoms with E-state index in [9.17, 15) is 4.79 Å². The van der Waals surface area contributed by atoms with Crippen LogP contribution in [0.15, 0.2) is 12.2 Å². The number of fused-ring (bicyclic) bond motifs is 1. The molecule has 2 nitrogen and oxygen atoms in total. The standard InChI is InChI=1S/C19H30O2/c1-14(2)16(20)21-17(3,4)19-9-6-5-8-18(13-19)11-15(12-18)7-10-19/h15H,1,5-13H2,2-4H3. The Morgan fingerprint density at radius 2 is 1.86 bits per heavy atom. The molecule has 2 heteroatoms. The first kappa shape index (κ1) is 15.1. The second kappa shape index (κ2) is 4.86. The van der Waals surface area contributed by atoms with Gasteiger partial charge in [-0.05, 0) is 77.0 Å². The fraction of sp³-hybridized carbons (Fsp3) is 0.842. The number of carbonyl (C=O) groups excluding carboxylic acids is 1. The van der Waals surface area contributed by atoms with Crippen molar-refractivity contribution in [3.8, 4) is 0 Å². The Hall–Kier alpha value is -0.790. The van der Waals surface area contributed by atoms with Crippen molar-refractivity contribution in [1.29, 1.82) is 0 Å². The van der Waals surface area contributed by atoms with E-state index in [1.54, 1.807) is 6.92 Å². The van der Waals surface area contributed by atoms with E-state index in [0.29, 0.717) is 11.0 Å². The lowest BCUT2D eigenvalue weighted by atomic mass is 9.56. The van der Waals surface area contributed by atoms with Crippen LogP contribution in [0.3, 0.4) is 0 Å². The molecule has 3 bridgehead atoms. The summed E-state index contributed by atoms with van der Waals surface area (Å²) in [7, 11) is 0. The van der Waals surface area contributed by atoms with E-state index < -0.39 is 0 Å². The van der Waals surface area contributed by atoms with Crippen molar-refractivity contribution in [2.75, 3.05) is 0 Å². The van der Waals surface area contributed by atoms with Crippen molar-refractivity contribution in [2.24, 2.45) is 16.7 Å². The van der Waals surface area contributed by atoms with E-state index in [0.717, 1.165) is 5.92 Å². The zero-order chi connectivity index (χ0) is 15.3. The number of hydrogen-bond acceptors (Lipinski definition) is 2. The number of rotatable bonds is 3. The Morgan fingerprint density at radius 3 is 2.52 bits per heavy atom. The summed E-state index contributed by atoms with van der Waals surface area (Å²) in [5.41, 5.74) is 0.892. The molecule has 0 radical (unpaired) electrons. The van der Waals surface area contributed by atoms with E-state index in [2.05, 4.69) is 20.4 Å². The summed E-state index contributed by atoms with van der Waals surface area (Å²) in [6, 6.07) is 0. The Labute approximate surface area is 129 Å². The molecule has 1 atom stereocenters. The van der Waals surface area contributed by atoms with Gasteiger partial charge in [-0.15, -0.1) is 0 Å². The van der Waals surface area contributed by atoms with Crippen molar-refractivity contribution in [2.45, 2.75) is 84.2 Å². The molecule has 0 aliphatic heterocycles. The fourth-order valence-electron chi connectivity index (χ4n) is 5.51. The van der Waals surface area contributed by atoms with Crippen molar-refractivity contribution < 1.29 is 9.53 Å². The van der Waals surface area contributed by atoms with E-state index in [1.807, 2.05) is 0 Å². The molecule has 118 valence electrons. The molecule has 4 fully saturated rings. The van der Waals surface area contributed by atoms with E-state index in [4.69, 9.17) is 4.74 Å². The normalized spacial score (nSPS) is 38.7. The maximum atomic E-state index is 12.1. The van der Waals surface area contributed by atoms with Crippen molar-refractivity contribution >= 4 is 5.97 Å². The summed E-state index contributed by atoms with van der Waals surface area (Å²) < 4.78 is 5.95. The summed E-state index contributed by atoms with van der Waals surface area (Å²) in [6.07, 6.45) is 12.0. The van der Waals surface area contributed by atoms with Crippen LogP contribution < -0.4 is 0 Å². The predicted octanol–water partition coefficient (Wildman–Crippen LogP) is 5.03. The molecule has 4 saturated carbocycles. The average molecular weight is 290 g/mol. The molecule has 4 rings (SSSR count). The van der Waals surface area contributed by atoms with Gasteiger partial charge in [0.25, 0.3) is 0 Å². The Kier molecular flexibility index (Phi) is 3.50. The highest BCUT2D eigenvalue weighted by atomic mass is 16.6. The highest BCUT2D eigenvalue weighted by molar-refractivity contribution is 5.87. The van der Waals surface area contributed by atoms with Gasteiger partial charge in [0, 0.05) is 11.0 Å². The summed E-state index contributed by atoms with van der Waals surface area (Å²) in [4.78, 5) is 12.1. The molecular formula is C19H30O2. The first-order valence-corrected chi connectivity index (χ1v) is 8.67. The molecule has 0 saturated heterocycles. The van der Waals surface area contributed by atoms with E-state index >= 15 is 0 Å². The largest absolute Gasteiger partial charge is 0.456 e. The average Bonchev–Trinajstić information content (AvgIpc) is 2.72. The monoisotopic (exact) mass is 290 g/mol. The van der Waals surface area contributed by atoms with E-state index in [-0.39, 0.29) is 17.0 Å². The third-order valence-corrected chi connectivity index (χ3v) is 6.77. The van der Waals surface area contributed by atoms with Crippen LogP contribution in [0.4, 0.5) is 0 Å². The fourth-order valence-corrected chi connectivity index (χ4v) is 5.51. The SMILES string of the molecule is C=C(C)C(=O)OC(C)(C)C12CCCCC3(CC(CC1)C3)C2. The van der Waals surface area contributed by atoms with E-state index in [1.165, 1.54) is 57.8 Å². The maximum absolute atomic E-state index is 12.1.